The van der Waals surface area contributed by atoms with Crippen LogP contribution in [-0.2, 0) is 4.74 Å². The molecule has 26 heavy (non-hydrogen) atoms. The minimum atomic E-state index is -1.16. The number of halogens is 1. The molecule has 142 valence electrons. The van der Waals surface area contributed by atoms with Gasteiger partial charge in [0.25, 0.3) is 0 Å². The monoisotopic (exact) mass is 383 g/mol. The lowest BCUT2D eigenvalue weighted by molar-refractivity contribution is 0.0123. The van der Waals surface area contributed by atoms with Crippen molar-refractivity contribution in [3.63, 3.8) is 0 Å². The number of nitrogens with zero attached hydrogens (tertiary/aromatic N) is 4. The molecule has 1 amide bonds. The highest BCUT2D eigenvalue weighted by atomic mass is 35.5. The lowest BCUT2D eigenvalue weighted by Crippen LogP contribution is -2.34. The predicted octanol–water partition coefficient (Wildman–Crippen LogP) is 1.62. The summed E-state index contributed by atoms with van der Waals surface area (Å²) in [6.07, 6.45) is 0.280. The highest BCUT2D eigenvalue weighted by Crippen LogP contribution is 2.19. The summed E-state index contributed by atoms with van der Waals surface area (Å²) in [4.78, 5) is 11.6. The zero-order valence-electron chi connectivity index (χ0n) is 14.8. The van der Waals surface area contributed by atoms with Crippen molar-refractivity contribution < 1.29 is 19.7 Å². The third-order valence-electron chi connectivity index (χ3n) is 3.27. The van der Waals surface area contributed by atoms with Crippen LogP contribution in [0.3, 0.4) is 0 Å². The van der Waals surface area contributed by atoms with Crippen LogP contribution in [-0.4, -0.2) is 54.5 Å². The van der Waals surface area contributed by atoms with E-state index in [0.29, 0.717) is 11.4 Å². The second-order valence-electron chi connectivity index (χ2n) is 6.66. The SMILES string of the molecule is CC(C)(C)OC(=O)NCCC(O)C(O)c1cnn(-c2ccc(Cl)nn2)c1. The predicted molar refractivity (Wildman–Crippen MR) is 94.0 cm³/mol. The Labute approximate surface area is 156 Å². The van der Waals surface area contributed by atoms with Crippen LogP contribution in [0.2, 0.25) is 5.15 Å². The first-order valence-electron chi connectivity index (χ1n) is 8.03. The number of nitrogens with one attached hydrogen (secondary N) is 1. The summed E-state index contributed by atoms with van der Waals surface area (Å²) < 4.78 is 6.51. The first-order chi connectivity index (χ1) is 12.2. The average Bonchev–Trinajstić information content (AvgIpc) is 3.03. The molecule has 0 spiro atoms. The van der Waals surface area contributed by atoms with Gasteiger partial charge in [-0.15, -0.1) is 10.2 Å². The highest BCUT2D eigenvalue weighted by molar-refractivity contribution is 6.29. The smallest absolute Gasteiger partial charge is 0.407 e. The first kappa shape index (κ1) is 20.1. The number of amides is 1. The van der Waals surface area contributed by atoms with Gasteiger partial charge in [0.1, 0.15) is 11.7 Å². The van der Waals surface area contributed by atoms with Crippen LogP contribution in [0.15, 0.2) is 24.5 Å². The maximum absolute atomic E-state index is 11.6. The molecule has 0 saturated carbocycles. The number of rotatable bonds is 6. The van der Waals surface area contributed by atoms with Gasteiger partial charge in [-0.3, -0.25) is 0 Å². The van der Waals surface area contributed by atoms with E-state index in [4.69, 9.17) is 16.3 Å². The van der Waals surface area contributed by atoms with E-state index in [-0.39, 0.29) is 18.1 Å². The third kappa shape index (κ3) is 5.94. The summed E-state index contributed by atoms with van der Waals surface area (Å²) in [6, 6.07) is 3.19. The van der Waals surface area contributed by atoms with E-state index in [9.17, 15) is 15.0 Å². The molecule has 0 fully saturated rings. The van der Waals surface area contributed by atoms with Crippen LogP contribution >= 0.6 is 11.6 Å². The molecule has 0 aliphatic carbocycles. The van der Waals surface area contributed by atoms with Gasteiger partial charge >= 0.3 is 6.09 Å². The van der Waals surface area contributed by atoms with Gasteiger partial charge in [-0.1, -0.05) is 11.6 Å². The third-order valence-corrected chi connectivity index (χ3v) is 3.47. The van der Waals surface area contributed by atoms with Gasteiger partial charge in [0, 0.05) is 18.3 Å². The van der Waals surface area contributed by atoms with Crippen molar-refractivity contribution in [3.8, 4) is 5.82 Å². The molecule has 3 N–H and O–H groups in total. The van der Waals surface area contributed by atoms with Crippen LogP contribution in [0.25, 0.3) is 5.82 Å². The van der Waals surface area contributed by atoms with Gasteiger partial charge in [0.15, 0.2) is 11.0 Å². The minimum Gasteiger partial charge on any atom is -0.444 e. The van der Waals surface area contributed by atoms with Crippen molar-refractivity contribution in [2.24, 2.45) is 0 Å². The number of hydrogen-bond acceptors (Lipinski definition) is 7. The number of aromatic nitrogens is 4. The standard InChI is InChI=1S/C16H22ClN5O4/c1-16(2,3)26-15(25)18-7-6-11(23)14(24)10-8-19-22(9-10)13-5-4-12(17)20-21-13/h4-5,8-9,11,14,23-24H,6-7H2,1-3H3,(H,18,25). The van der Waals surface area contributed by atoms with E-state index in [1.807, 2.05) is 0 Å². The average molecular weight is 384 g/mol. The first-order valence-corrected chi connectivity index (χ1v) is 8.40. The molecule has 0 saturated heterocycles. The topological polar surface area (TPSA) is 122 Å². The van der Waals surface area contributed by atoms with E-state index >= 15 is 0 Å². The summed E-state index contributed by atoms with van der Waals surface area (Å²) in [6.45, 7) is 5.43. The molecule has 2 atom stereocenters. The molecule has 0 aromatic carbocycles. The number of carbonyl (C=O) groups is 1. The second-order valence-corrected chi connectivity index (χ2v) is 7.05. The van der Waals surface area contributed by atoms with Crippen LogP contribution in [0, 0.1) is 0 Å². The molecule has 0 aliphatic heterocycles. The molecule has 2 aromatic rings. The fraction of sp³-hybridized carbons (Fsp3) is 0.500. The van der Waals surface area contributed by atoms with Gasteiger partial charge in [-0.05, 0) is 39.3 Å². The highest BCUT2D eigenvalue weighted by Gasteiger charge is 2.21. The van der Waals surface area contributed by atoms with Gasteiger partial charge in [0.05, 0.1) is 12.3 Å². The van der Waals surface area contributed by atoms with E-state index in [2.05, 4.69) is 20.6 Å². The number of carbonyl (C=O) groups excluding carboxylic acids is 1. The Bertz CT molecular complexity index is 729. The number of alkyl carbamates (subject to hydrolysis) is 1. The molecular formula is C16H22ClN5O4. The molecule has 10 heteroatoms. The Hall–Kier alpha value is -2.23. The van der Waals surface area contributed by atoms with Crippen molar-refractivity contribution in [2.45, 2.75) is 45.0 Å². The summed E-state index contributed by atoms with van der Waals surface area (Å²) in [5.41, 5.74) is -0.187. The summed E-state index contributed by atoms with van der Waals surface area (Å²) in [7, 11) is 0. The maximum Gasteiger partial charge on any atom is 0.407 e. The Morgan fingerprint density at radius 1 is 1.35 bits per heavy atom. The fourth-order valence-electron chi connectivity index (χ4n) is 2.06. The van der Waals surface area contributed by atoms with E-state index in [1.165, 1.54) is 17.1 Å². The Balaban J connectivity index is 1.87. The van der Waals surface area contributed by atoms with Crippen LogP contribution in [0.4, 0.5) is 4.79 Å². The molecular weight excluding hydrogens is 362 g/mol. The van der Waals surface area contributed by atoms with Gasteiger partial charge in [0.2, 0.25) is 0 Å². The van der Waals surface area contributed by atoms with Crippen molar-refractivity contribution in [1.82, 2.24) is 25.3 Å². The lowest BCUT2D eigenvalue weighted by Gasteiger charge is -2.20. The molecule has 9 nitrogen and oxygen atoms in total. The van der Waals surface area contributed by atoms with Gasteiger partial charge in [-0.2, -0.15) is 5.10 Å². The van der Waals surface area contributed by atoms with Crippen molar-refractivity contribution in [1.29, 1.82) is 0 Å². The molecule has 0 aliphatic rings. The van der Waals surface area contributed by atoms with E-state index in [0.717, 1.165) is 0 Å². The lowest BCUT2D eigenvalue weighted by atomic mass is 10.1. The zero-order chi connectivity index (χ0) is 19.3. The molecule has 2 rings (SSSR count). The summed E-state index contributed by atoms with van der Waals surface area (Å²) in [5, 5.41) is 34.8. The Kier molecular flexibility index (Phi) is 6.52. The van der Waals surface area contributed by atoms with Crippen molar-refractivity contribution >= 4 is 17.7 Å². The summed E-state index contributed by atoms with van der Waals surface area (Å²) in [5.74, 6) is 0.425. The van der Waals surface area contributed by atoms with Crippen molar-refractivity contribution in [2.75, 3.05) is 6.54 Å². The van der Waals surface area contributed by atoms with E-state index in [1.54, 1.807) is 32.9 Å². The zero-order valence-corrected chi connectivity index (χ0v) is 15.5. The molecule has 0 radical (unpaired) electrons. The Morgan fingerprint density at radius 3 is 2.69 bits per heavy atom. The molecule has 2 heterocycles. The number of aliphatic hydroxyl groups excluding tert-OH is 2. The normalized spacial score (nSPS) is 13.9. The summed E-state index contributed by atoms with van der Waals surface area (Å²) >= 11 is 5.69. The minimum absolute atomic E-state index is 0.145. The quantitative estimate of drug-likeness (QED) is 0.692. The number of ether oxygens (including phenoxy) is 1. The largest absolute Gasteiger partial charge is 0.444 e. The molecule has 2 unspecified atom stereocenters. The van der Waals surface area contributed by atoms with Crippen LogP contribution < -0.4 is 5.32 Å². The molecule has 0 bridgehead atoms. The van der Waals surface area contributed by atoms with E-state index < -0.39 is 23.9 Å². The number of aliphatic hydroxyl groups is 2. The second kappa shape index (κ2) is 8.43. The maximum atomic E-state index is 11.6. The molecule has 2 aromatic heterocycles. The van der Waals surface area contributed by atoms with Gasteiger partial charge in [-0.25, -0.2) is 9.48 Å². The van der Waals surface area contributed by atoms with Gasteiger partial charge < -0.3 is 20.3 Å². The van der Waals surface area contributed by atoms with Crippen LogP contribution in [0.1, 0.15) is 38.9 Å². The van der Waals surface area contributed by atoms with Crippen LogP contribution in [0.5, 0.6) is 0 Å². The van der Waals surface area contributed by atoms with Crippen molar-refractivity contribution in [3.05, 3.63) is 35.2 Å². The number of hydrogen-bond donors (Lipinski definition) is 3. The Morgan fingerprint density at radius 2 is 2.08 bits per heavy atom. The fourth-order valence-corrected chi connectivity index (χ4v) is 2.16.